The molecule has 0 bridgehead atoms. The molecular weight excluding hydrogens is 562 g/mol. The maximum Gasteiger partial charge on any atom is 0.229 e. The number of aromatic nitrogens is 2. The van der Waals surface area contributed by atoms with Crippen molar-refractivity contribution in [3.05, 3.63) is 70.4 Å². The van der Waals surface area contributed by atoms with E-state index in [9.17, 15) is 0 Å². The van der Waals surface area contributed by atoms with E-state index >= 15 is 8.78 Å². The van der Waals surface area contributed by atoms with Crippen LogP contribution in [0.4, 0.5) is 31.9 Å². The Labute approximate surface area is 259 Å². The van der Waals surface area contributed by atoms with Gasteiger partial charge in [-0.1, -0.05) is 6.07 Å². The Bertz CT molecular complexity index is 1420. The molecule has 2 saturated heterocycles. The lowest BCUT2D eigenvalue weighted by Crippen LogP contribution is -2.47. The Kier molecular flexibility index (Phi) is 9.68. The number of piperazine rings is 1. The summed E-state index contributed by atoms with van der Waals surface area (Å²) in [4.78, 5) is 20.6. The summed E-state index contributed by atoms with van der Waals surface area (Å²) < 4.78 is 35.8. The van der Waals surface area contributed by atoms with Crippen LogP contribution in [0.1, 0.15) is 22.3 Å². The molecule has 1 N–H and O–H groups in total. The van der Waals surface area contributed by atoms with Crippen molar-refractivity contribution in [2.45, 2.75) is 26.4 Å². The molecule has 2 fully saturated rings. The number of ether oxygens (including phenoxy) is 1. The molecule has 0 radical (unpaired) electrons. The fourth-order valence-corrected chi connectivity index (χ4v) is 6.14. The Balaban J connectivity index is 1.12. The Morgan fingerprint density at radius 1 is 0.886 bits per heavy atom. The highest BCUT2D eigenvalue weighted by Gasteiger charge is 2.26. The normalized spacial score (nSPS) is 18.3. The van der Waals surface area contributed by atoms with E-state index in [0.29, 0.717) is 56.7 Å². The standard InChI is InChI=1S/C33H44F2N8O/c1-24-4-5-27(18-26(24)22-41-12-10-40(11-13-41)9-8-39(2)3)37-33-36-21-25-6-7-43(32(25)38-33)28-19-30(34)29(31(35)20-28)23-42-14-16-44-17-15-42/h4-5,18-21H,6-17,22-23H2,1-3H3,(H,36,37,38). The lowest BCUT2D eigenvalue weighted by Gasteiger charge is -2.35. The number of anilines is 4. The third kappa shape index (κ3) is 7.35. The first-order chi connectivity index (χ1) is 21.3. The summed E-state index contributed by atoms with van der Waals surface area (Å²) in [7, 11) is 4.25. The summed E-state index contributed by atoms with van der Waals surface area (Å²) in [6.45, 7) is 12.9. The number of halogens is 2. The molecule has 0 amide bonds. The maximum absolute atomic E-state index is 15.2. The van der Waals surface area contributed by atoms with Gasteiger partial charge < -0.3 is 19.9 Å². The molecule has 3 aliphatic heterocycles. The minimum atomic E-state index is -0.533. The second-order valence-corrected chi connectivity index (χ2v) is 12.4. The fraction of sp³-hybridized carbons (Fsp3) is 0.515. The van der Waals surface area contributed by atoms with Gasteiger partial charge in [0.1, 0.15) is 17.5 Å². The number of hydrogen-bond donors (Lipinski definition) is 1. The van der Waals surface area contributed by atoms with E-state index in [2.05, 4.69) is 58.2 Å². The third-order valence-electron chi connectivity index (χ3n) is 8.95. The van der Waals surface area contributed by atoms with Crippen molar-refractivity contribution < 1.29 is 13.5 Å². The topological polar surface area (TPSA) is 63.2 Å². The molecule has 2 aromatic carbocycles. The number of aryl methyl sites for hydroxylation is 1. The molecule has 1 aromatic heterocycles. The molecule has 3 aliphatic rings. The molecule has 236 valence electrons. The third-order valence-corrected chi connectivity index (χ3v) is 8.95. The van der Waals surface area contributed by atoms with Crippen molar-refractivity contribution >= 4 is 23.1 Å². The fourth-order valence-electron chi connectivity index (χ4n) is 6.14. The van der Waals surface area contributed by atoms with Crippen LogP contribution in [-0.2, 0) is 24.2 Å². The zero-order valence-electron chi connectivity index (χ0n) is 26.2. The first-order valence-electron chi connectivity index (χ1n) is 15.7. The number of nitrogens with one attached hydrogen (secondary N) is 1. The molecule has 44 heavy (non-hydrogen) atoms. The van der Waals surface area contributed by atoms with E-state index in [4.69, 9.17) is 9.72 Å². The minimum Gasteiger partial charge on any atom is -0.379 e. The number of benzene rings is 2. The van der Waals surface area contributed by atoms with Gasteiger partial charge in [-0.25, -0.2) is 13.8 Å². The lowest BCUT2D eigenvalue weighted by molar-refractivity contribution is 0.0332. The van der Waals surface area contributed by atoms with E-state index in [1.54, 1.807) is 0 Å². The van der Waals surface area contributed by atoms with Crippen LogP contribution in [0.5, 0.6) is 0 Å². The van der Waals surface area contributed by atoms with Crippen LogP contribution in [0, 0.1) is 18.6 Å². The van der Waals surface area contributed by atoms with Gasteiger partial charge in [0.05, 0.1) is 13.2 Å². The van der Waals surface area contributed by atoms with E-state index in [1.165, 1.54) is 23.3 Å². The summed E-state index contributed by atoms with van der Waals surface area (Å²) >= 11 is 0. The minimum absolute atomic E-state index is 0.0986. The number of hydrogen-bond acceptors (Lipinski definition) is 9. The summed E-state index contributed by atoms with van der Waals surface area (Å²) in [5, 5.41) is 3.38. The predicted molar refractivity (Wildman–Crippen MR) is 170 cm³/mol. The monoisotopic (exact) mass is 606 g/mol. The second kappa shape index (κ2) is 13.8. The average Bonchev–Trinajstić information content (AvgIpc) is 3.44. The second-order valence-electron chi connectivity index (χ2n) is 12.4. The van der Waals surface area contributed by atoms with Crippen molar-refractivity contribution in [3.8, 4) is 0 Å². The quantitative estimate of drug-likeness (QED) is 0.369. The van der Waals surface area contributed by atoms with Gasteiger partial charge >= 0.3 is 0 Å². The summed E-state index contributed by atoms with van der Waals surface area (Å²) in [5.74, 6) is 0.0792. The molecule has 9 nitrogen and oxygen atoms in total. The van der Waals surface area contributed by atoms with Gasteiger partial charge in [-0.3, -0.25) is 14.7 Å². The SMILES string of the molecule is Cc1ccc(Nc2ncc3c(n2)N(c2cc(F)c(CN4CCOCC4)c(F)c2)CC3)cc1CN1CCN(CCN(C)C)CC1. The molecule has 0 unspecified atom stereocenters. The largest absolute Gasteiger partial charge is 0.379 e. The molecule has 11 heteroatoms. The highest BCUT2D eigenvalue weighted by atomic mass is 19.1. The Morgan fingerprint density at radius 3 is 2.32 bits per heavy atom. The van der Waals surface area contributed by atoms with Crippen LogP contribution in [0.3, 0.4) is 0 Å². The number of nitrogens with zero attached hydrogens (tertiary/aromatic N) is 7. The molecule has 0 atom stereocenters. The van der Waals surface area contributed by atoms with Gasteiger partial charge in [0.2, 0.25) is 5.95 Å². The van der Waals surface area contributed by atoms with Gasteiger partial charge in [-0.2, -0.15) is 4.98 Å². The van der Waals surface area contributed by atoms with Crippen molar-refractivity contribution in [2.75, 3.05) is 96.4 Å². The molecule has 0 saturated carbocycles. The summed E-state index contributed by atoms with van der Waals surface area (Å²) in [6.07, 6.45) is 2.53. The van der Waals surface area contributed by atoms with Crippen LogP contribution >= 0.6 is 0 Å². The highest BCUT2D eigenvalue weighted by Crippen LogP contribution is 2.35. The first kappa shape index (κ1) is 30.8. The van der Waals surface area contributed by atoms with Gasteiger partial charge in [-0.15, -0.1) is 0 Å². The Hall–Kier alpha value is -3.22. The smallest absolute Gasteiger partial charge is 0.229 e. The van der Waals surface area contributed by atoms with Crippen molar-refractivity contribution in [2.24, 2.45) is 0 Å². The molecular formula is C33H44F2N8O. The van der Waals surface area contributed by atoms with Crippen molar-refractivity contribution in [1.29, 1.82) is 0 Å². The first-order valence-corrected chi connectivity index (χ1v) is 15.7. The van der Waals surface area contributed by atoms with Crippen LogP contribution < -0.4 is 10.2 Å². The van der Waals surface area contributed by atoms with Crippen LogP contribution in [0.15, 0.2) is 36.5 Å². The molecule has 0 spiro atoms. The summed E-state index contributed by atoms with van der Waals surface area (Å²) in [5.41, 5.74) is 4.98. The Morgan fingerprint density at radius 2 is 1.59 bits per heavy atom. The summed E-state index contributed by atoms with van der Waals surface area (Å²) in [6, 6.07) is 9.22. The highest BCUT2D eigenvalue weighted by molar-refractivity contribution is 5.68. The number of rotatable bonds is 10. The molecule has 3 aromatic rings. The van der Waals surface area contributed by atoms with Crippen LogP contribution in [0.2, 0.25) is 0 Å². The van der Waals surface area contributed by atoms with E-state index in [1.807, 2.05) is 22.1 Å². The van der Waals surface area contributed by atoms with E-state index < -0.39 is 11.6 Å². The van der Waals surface area contributed by atoms with Crippen LogP contribution in [-0.4, -0.2) is 116 Å². The van der Waals surface area contributed by atoms with Gasteiger partial charge in [0.25, 0.3) is 0 Å². The van der Waals surface area contributed by atoms with Crippen molar-refractivity contribution in [1.82, 2.24) is 29.6 Å². The zero-order valence-corrected chi connectivity index (χ0v) is 26.2. The lowest BCUT2D eigenvalue weighted by atomic mass is 10.1. The molecule has 6 rings (SSSR count). The predicted octanol–water partition coefficient (Wildman–Crippen LogP) is 4.01. The van der Waals surface area contributed by atoms with Gasteiger partial charge in [0, 0.05) is 101 Å². The number of fused-ring (bicyclic) bond motifs is 1. The average molecular weight is 607 g/mol. The zero-order chi connectivity index (χ0) is 30.6. The van der Waals surface area contributed by atoms with Crippen LogP contribution in [0.25, 0.3) is 0 Å². The number of likely N-dealkylation sites (N-methyl/N-ethyl adjacent to an activating group) is 1. The van der Waals surface area contributed by atoms with E-state index in [-0.39, 0.29) is 12.1 Å². The van der Waals surface area contributed by atoms with Gasteiger partial charge in [0.15, 0.2) is 0 Å². The molecule has 0 aliphatic carbocycles. The van der Waals surface area contributed by atoms with E-state index in [0.717, 1.165) is 57.1 Å². The van der Waals surface area contributed by atoms with Gasteiger partial charge in [-0.05, 0) is 62.8 Å². The maximum atomic E-state index is 15.2. The van der Waals surface area contributed by atoms with Crippen molar-refractivity contribution in [3.63, 3.8) is 0 Å². The molecule has 4 heterocycles. The number of morpholine rings is 1.